The van der Waals surface area contributed by atoms with Crippen LogP contribution >= 0.6 is 90.7 Å². The van der Waals surface area contributed by atoms with Crippen molar-refractivity contribution in [3.8, 4) is 68.5 Å². The van der Waals surface area contributed by atoms with Gasteiger partial charge in [-0.05, 0) is 137 Å². The lowest BCUT2D eigenvalue weighted by molar-refractivity contribution is 0.555. The van der Waals surface area contributed by atoms with Crippen LogP contribution in [0.25, 0.3) is 68.5 Å². The number of hydrogen-bond acceptors (Lipinski definition) is 10. The van der Waals surface area contributed by atoms with E-state index in [1.807, 2.05) is 90.7 Å². The summed E-state index contributed by atoms with van der Waals surface area (Å²) < 4.78 is 0. The van der Waals surface area contributed by atoms with Gasteiger partial charge in [-0.15, -0.1) is 90.7 Å². The normalized spacial score (nSPS) is 11.8. The Kier molecular flexibility index (Phi) is 34.8. The summed E-state index contributed by atoms with van der Waals surface area (Å²) >= 11 is 15.8. The summed E-state index contributed by atoms with van der Waals surface area (Å²) in [6.07, 6.45) is 59.0. The Morgan fingerprint density at radius 3 is 0.889 bits per heavy atom. The van der Waals surface area contributed by atoms with Crippen LogP contribution in [0.5, 0.6) is 0 Å². The van der Waals surface area contributed by atoms with Crippen molar-refractivity contribution in [1.82, 2.24) is 9.97 Å². The molecule has 0 aliphatic carbocycles. The van der Waals surface area contributed by atoms with Gasteiger partial charge in [0.2, 0.25) is 0 Å². The van der Waals surface area contributed by atoms with Crippen molar-refractivity contribution >= 4 is 90.7 Å². The minimum atomic E-state index is 1.06. The van der Waals surface area contributed by atoms with E-state index in [0.717, 1.165) is 19.3 Å². The first-order valence-electron chi connectivity index (χ1n) is 37.0. The maximum absolute atomic E-state index is 5.76. The highest BCUT2D eigenvalue weighted by Gasteiger charge is 2.24. The van der Waals surface area contributed by atoms with Crippen LogP contribution < -0.4 is 0 Å². The molecule has 0 saturated heterocycles. The number of aromatic nitrogens is 2. The van der Waals surface area contributed by atoms with Gasteiger partial charge in [-0.1, -0.05) is 259 Å². The molecule has 494 valence electrons. The fraction of sp³-hybridized carbons (Fsp3) is 0.625. The largest absolute Gasteiger partial charge is 0.240 e. The van der Waals surface area contributed by atoms with Crippen molar-refractivity contribution in [2.45, 2.75) is 324 Å². The van der Waals surface area contributed by atoms with Gasteiger partial charge >= 0.3 is 0 Å². The molecule has 0 unspecified atom stereocenters. The van der Waals surface area contributed by atoms with Crippen LogP contribution in [0, 0.1) is 13.8 Å². The molecule has 10 heteroatoms. The number of hydrogen-bond donors (Lipinski definition) is 0. The number of nitrogens with zero attached hydrogens (tertiary/aromatic N) is 2. The Balaban J connectivity index is 1.02. The van der Waals surface area contributed by atoms with Crippen LogP contribution in [-0.2, 0) is 25.7 Å². The summed E-state index contributed by atoms with van der Waals surface area (Å²) in [5.74, 6) is 0. The fourth-order valence-electron chi connectivity index (χ4n) is 13.0. The summed E-state index contributed by atoms with van der Waals surface area (Å²) in [4.78, 5) is 31.0. The monoisotopic (exact) mass is 1360 g/mol. The van der Waals surface area contributed by atoms with Crippen LogP contribution in [0.3, 0.4) is 0 Å². The third-order valence-electron chi connectivity index (χ3n) is 18.4. The van der Waals surface area contributed by atoms with Gasteiger partial charge in [0.15, 0.2) is 0 Å². The molecule has 0 aliphatic heterocycles. The van der Waals surface area contributed by atoms with Gasteiger partial charge in [0.1, 0.15) is 10.0 Å². The van der Waals surface area contributed by atoms with Gasteiger partial charge in [0.05, 0.1) is 30.9 Å². The molecule has 0 aromatic carbocycles. The first-order valence-corrected chi connectivity index (χ1v) is 43.5. The molecule has 0 saturated carbocycles. The second-order valence-electron chi connectivity index (χ2n) is 26.4. The van der Waals surface area contributed by atoms with Crippen LogP contribution in [0.4, 0.5) is 0 Å². The Morgan fingerprint density at radius 1 is 0.233 bits per heavy atom. The lowest BCUT2D eigenvalue weighted by Gasteiger charge is -2.04. The van der Waals surface area contributed by atoms with Gasteiger partial charge in [-0.3, -0.25) is 0 Å². The first-order chi connectivity index (χ1) is 44.3. The Bertz CT molecular complexity index is 3160. The maximum atomic E-state index is 5.76. The minimum absolute atomic E-state index is 1.06. The van der Waals surface area contributed by atoms with Crippen LogP contribution in [0.1, 0.15) is 317 Å². The van der Waals surface area contributed by atoms with E-state index in [1.165, 1.54) is 364 Å². The molecule has 0 amide bonds. The van der Waals surface area contributed by atoms with Gasteiger partial charge < -0.3 is 0 Å². The zero-order chi connectivity index (χ0) is 62.8. The SMILES string of the molecule is CCCCCCCCCCCCc1cc(C)sc1-c1nc(CCCCCCCCCCCC)c(-c2ccc(-c3ccc(-c4sc(-c5sc(-c6ccc(-c7ccc(C)s7)s6)cc5CCCCCCCCCCCC)nc4CCCCCCCCCCCC)s3)s2)s1. The van der Waals surface area contributed by atoms with E-state index in [9.17, 15) is 0 Å². The van der Waals surface area contributed by atoms with E-state index in [0.29, 0.717) is 0 Å². The molecule has 8 aromatic heterocycles. The Labute approximate surface area is 581 Å². The zero-order valence-corrected chi connectivity index (χ0v) is 63.6. The predicted octanol–water partition coefficient (Wildman–Crippen LogP) is 31.1. The van der Waals surface area contributed by atoms with E-state index in [4.69, 9.17) is 9.97 Å². The molecular weight excluding hydrogens is 1250 g/mol. The number of unbranched alkanes of at least 4 members (excludes halogenated alkanes) is 36. The molecular formula is C80H116N2S8. The summed E-state index contributed by atoms with van der Waals surface area (Å²) in [7, 11) is 0. The molecule has 0 spiro atoms. The number of rotatable bonds is 51. The maximum Gasteiger partial charge on any atom is 0.134 e. The zero-order valence-electron chi connectivity index (χ0n) is 57.0. The quantitative estimate of drug-likeness (QED) is 0.0355. The molecule has 0 aliphatic rings. The topological polar surface area (TPSA) is 25.8 Å². The van der Waals surface area contributed by atoms with Gasteiger partial charge in [0.25, 0.3) is 0 Å². The van der Waals surface area contributed by atoms with E-state index in [-0.39, 0.29) is 0 Å². The van der Waals surface area contributed by atoms with Crippen LogP contribution in [0.15, 0.2) is 60.7 Å². The average Bonchev–Trinajstić information content (AvgIpc) is 1.70. The Morgan fingerprint density at radius 2 is 0.522 bits per heavy atom. The third kappa shape index (κ3) is 24.6. The van der Waals surface area contributed by atoms with Crippen molar-refractivity contribution in [3.05, 3.63) is 92.9 Å². The van der Waals surface area contributed by atoms with Crippen LogP contribution in [-0.4, -0.2) is 9.97 Å². The summed E-state index contributed by atoms with van der Waals surface area (Å²) in [5.41, 5.74) is 5.70. The van der Waals surface area contributed by atoms with Gasteiger partial charge in [-0.25, -0.2) is 9.97 Å². The van der Waals surface area contributed by atoms with Crippen molar-refractivity contribution < 1.29 is 0 Å². The van der Waals surface area contributed by atoms with Crippen molar-refractivity contribution in [3.63, 3.8) is 0 Å². The van der Waals surface area contributed by atoms with Gasteiger partial charge in [-0.2, -0.15) is 0 Å². The standard InChI is InChI=1S/C80H116N2S8/c1-7-11-15-19-23-27-31-35-39-43-47-63-59-62(6)84-75(63)79-81-65(49-45-41-37-33-29-25-21-17-13-9-3)77(89-79)72-57-55-69(86-72)70-56-58-73(87-70)78-66(50-46-42-38-34-30-26-22-18-14-10-4)82-80(90-78)76-64(48-44-40-36-32-28-24-20-16-12-8-2)60-74(88-76)71-54-53-68(85-71)67-52-51-61(5)83-67/h51-60H,7-50H2,1-6H3. The molecule has 8 rings (SSSR count). The lowest BCUT2D eigenvalue weighted by Crippen LogP contribution is -1.90. The van der Waals surface area contributed by atoms with Crippen molar-refractivity contribution in [2.75, 3.05) is 0 Å². The highest BCUT2D eigenvalue weighted by molar-refractivity contribution is 7.31. The number of thiophene rings is 6. The van der Waals surface area contributed by atoms with Crippen molar-refractivity contribution in [2.24, 2.45) is 0 Å². The molecule has 2 nitrogen and oxygen atoms in total. The molecule has 8 heterocycles. The molecule has 0 bridgehead atoms. The third-order valence-corrected chi connectivity index (χ3v) is 28.4. The average molecular weight is 1360 g/mol. The second kappa shape index (κ2) is 42.8. The highest BCUT2D eigenvalue weighted by atomic mass is 32.1. The highest BCUT2D eigenvalue weighted by Crippen LogP contribution is 2.50. The molecule has 8 aromatic rings. The molecule has 0 fully saturated rings. The molecule has 0 N–H and O–H groups in total. The van der Waals surface area contributed by atoms with E-state index < -0.39 is 0 Å². The Hall–Kier alpha value is -2.54. The number of thiazole rings is 2. The first kappa shape index (κ1) is 73.3. The second-order valence-corrected chi connectivity index (χ2v) is 35.2. The van der Waals surface area contributed by atoms with E-state index >= 15 is 0 Å². The van der Waals surface area contributed by atoms with E-state index in [2.05, 4.69) is 102 Å². The smallest absolute Gasteiger partial charge is 0.134 e. The van der Waals surface area contributed by atoms with Gasteiger partial charge in [0, 0.05) is 48.8 Å². The number of aryl methyl sites for hydroxylation is 6. The predicted molar refractivity (Wildman–Crippen MR) is 415 cm³/mol. The minimum Gasteiger partial charge on any atom is -0.240 e. The van der Waals surface area contributed by atoms with E-state index in [1.54, 1.807) is 0 Å². The summed E-state index contributed by atoms with van der Waals surface area (Å²) in [6, 6.07) is 24.1. The lowest BCUT2D eigenvalue weighted by atomic mass is 10.0. The van der Waals surface area contributed by atoms with Crippen LogP contribution in [0.2, 0.25) is 0 Å². The molecule has 90 heavy (non-hydrogen) atoms. The fourth-order valence-corrected chi connectivity index (χ4v) is 22.1. The summed E-state index contributed by atoms with van der Waals surface area (Å²) in [6.45, 7) is 13.8. The molecule has 0 radical (unpaired) electrons. The molecule has 0 atom stereocenters. The summed E-state index contributed by atoms with van der Waals surface area (Å²) in [5, 5.41) is 2.50. The van der Waals surface area contributed by atoms with Crippen molar-refractivity contribution in [1.29, 1.82) is 0 Å².